The minimum absolute atomic E-state index is 0.0406. The quantitative estimate of drug-likeness (QED) is 0.864. The molecule has 0 saturated carbocycles. The van der Waals surface area contributed by atoms with E-state index in [4.69, 9.17) is 0 Å². The number of hydrogen-bond donors (Lipinski definition) is 1. The van der Waals surface area contributed by atoms with Crippen LogP contribution < -0.4 is 10.2 Å². The van der Waals surface area contributed by atoms with Crippen LogP contribution in [0.4, 0.5) is 5.69 Å². The normalized spacial score (nSPS) is 27.1. The molecule has 4 rings (SSSR count). The van der Waals surface area contributed by atoms with Crippen LogP contribution >= 0.6 is 0 Å². The van der Waals surface area contributed by atoms with E-state index in [2.05, 4.69) is 5.32 Å². The number of sulfonamides is 1. The summed E-state index contributed by atoms with van der Waals surface area (Å²) in [5.41, 5.74) is 1.80. The molecule has 2 unspecified atom stereocenters. The van der Waals surface area contributed by atoms with Crippen LogP contribution in [-0.2, 0) is 21.2 Å². The Morgan fingerprint density at radius 2 is 2.08 bits per heavy atom. The number of hydrogen-bond acceptors (Lipinski definition) is 4. The number of amides is 1. The molecule has 2 fully saturated rings. The van der Waals surface area contributed by atoms with Crippen molar-refractivity contribution in [3.63, 3.8) is 0 Å². The molecule has 3 heterocycles. The fraction of sp³-hybridized carbons (Fsp3) is 0.588. The summed E-state index contributed by atoms with van der Waals surface area (Å²) in [6, 6.07) is 5.69. The van der Waals surface area contributed by atoms with E-state index in [-0.39, 0.29) is 5.91 Å². The Balaban J connectivity index is 1.63. The van der Waals surface area contributed by atoms with Crippen molar-refractivity contribution in [2.45, 2.75) is 37.1 Å². The summed E-state index contributed by atoms with van der Waals surface area (Å²) in [6.45, 7) is 4.29. The maximum atomic E-state index is 13.1. The summed E-state index contributed by atoms with van der Waals surface area (Å²) in [7, 11) is -3.50. The van der Waals surface area contributed by atoms with Gasteiger partial charge in [-0.25, -0.2) is 8.42 Å². The van der Waals surface area contributed by atoms with Gasteiger partial charge in [-0.2, -0.15) is 4.31 Å². The molecule has 0 spiro atoms. The second kappa shape index (κ2) is 5.82. The summed E-state index contributed by atoms with van der Waals surface area (Å²) in [5.74, 6) is 0.373. The summed E-state index contributed by atoms with van der Waals surface area (Å²) in [4.78, 5) is 13.7. The number of rotatable bonds is 2. The number of piperidine rings is 1. The molecule has 1 aromatic carbocycles. The number of anilines is 1. The molecule has 0 aliphatic carbocycles. The first-order chi connectivity index (χ1) is 11.5. The lowest BCUT2D eigenvalue weighted by Crippen LogP contribution is -2.46. The zero-order valence-corrected chi connectivity index (χ0v) is 14.7. The van der Waals surface area contributed by atoms with Gasteiger partial charge in [0.1, 0.15) is 0 Å². The summed E-state index contributed by atoms with van der Waals surface area (Å²) >= 11 is 0. The molecule has 24 heavy (non-hydrogen) atoms. The van der Waals surface area contributed by atoms with Crippen LogP contribution in [0.5, 0.6) is 0 Å². The van der Waals surface area contributed by atoms with Crippen molar-refractivity contribution < 1.29 is 13.2 Å². The first-order valence-electron chi connectivity index (χ1n) is 8.61. The predicted octanol–water partition coefficient (Wildman–Crippen LogP) is 0.968. The zero-order valence-electron chi connectivity index (χ0n) is 13.9. The van der Waals surface area contributed by atoms with Crippen LogP contribution in [0.1, 0.15) is 25.3 Å². The van der Waals surface area contributed by atoms with E-state index in [1.54, 1.807) is 21.3 Å². The number of carbonyl (C=O) groups excluding carboxylic acids is 1. The second-order valence-electron chi connectivity index (χ2n) is 6.97. The van der Waals surface area contributed by atoms with Crippen molar-refractivity contribution in [1.29, 1.82) is 0 Å². The predicted molar refractivity (Wildman–Crippen MR) is 91.4 cm³/mol. The Labute approximate surface area is 142 Å². The summed E-state index contributed by atoms with van der Waals surface area (Å²) in [5, 5.41) is 3.46. The molecule has 2 saturated heterocycles. The van der Waals surface area contributed by atoms with Gasteiger partial charge in [0.05, 0.1) is 4.90 Å². The molecule has 0 bridgehead atoms. The van der Waals surface area contributed by atoms with Crippen LogP contribution in [0.3, 0.4) is 0 Å². The van der Waals surface area contributed by atoms with Crippen LogP contribution in [-0.4, -0.2) is 50.9 Å². The molecular weight excluding hydrogens is 326 g/mol. The SMILES string of the molecule is CC(=O)N1CCc2ccc(S(=O)(=O)N3CCC4NCCC4C3)cc21. The largest absolute Gasteiger partial charge is 0.314 e. The monoisotopic (exact) mass is 349 g/mol. The standard InChI is InChI=1S/C17H23N3O3S/c1-12(21)20-9-5-13-2-3-15(10-17(13)20)24(22,23)19-8-6-16-14(11-19)4-7-18-16/h2-3,10,14,16,18H,4-9,11H2,1H3. The van der Waals surface area contributed by atoms with Crippen molar-refractivity contribution in [1.82, 2.24) is 9.62 Å². The molecule has 130 valence electrons. The van der Waals surface area contributed by atoms with Crippen LogP contribution in [0.2, 0.25) is 0 Å². The van der Waals surface area contributed by atoms with Gasteiger partial charge in [-0.1, -0.05) is 6.07 Å². The Morgan fingerprint density at radius 3 is 2.88 bits per heavy atom. The first kappa shape index (κ1) is 16.1. The molecular formula is C17H23N3O3S. The Morgan fingerprint density at radius 1 is 1.25 bits per heavy atom. The average Bonchev–Trinajstić information content (AvgIpc) is 3.19. The fourth-order valence-electron chi connectivity index (χ4n) is 4.23. The van der Waals surface area contributed by atoms with E-state index in [0.29, 0.717) is 36.5 Å². The van der Waals surface area contributed by atoms with Crippen LogP contribution in [0, 0.1) is 5.92 Å². The highest BCUT2D eigenvalue weighted by Crippen LogP contribution is 2.33. The van der Waals surface area contributed by atoms with Gasteiger partial charge in [0.25, 0.3) is 0 Å². The van der Waals surface area contributed by atoms with Crippen LogP contribution in [0.25, 0.3) is 0 Å². The van der Waals surface area contributed by atoms with E-state index in [1.807, 2.05) is 6.07 Å². The zero-order chi connectivity index (χ0) is 16.9. The Kier molecular flexibility index (Phi) is 3.89. The third kappa shape index (κ3) is 2.55. The van der Waals surface area contributed by atoms with E-state index < -0.39 is 10.0 Å². The number of nitrogens with zero attached hydrogens (tertiary/aromatic N) is 2. The molecule has 0 radical (unpaired) electrons. The van der Waals surface area contributed by atoms with Crippen molar-refractivity contribution in [3.05, 3.63) is 23.8 Å². The first-order valence-corrected chi connectivity index (χ1v) is 10.1. The van der Waals surface area contributed by atoms with Gasteiger partial charge in [-0.3, -0.25) is 4.79 Å². The molecule has 3 aliphatic rings. The van der Waals surface area contributed by atoms with Gasteiger partial charge in [-0.15, -0.1) is 0 Å². The Bertz CT molecular complexity index is 777. The van der Waals surface area contributed by atoms with E-state index in [9.17, 15) is 13.2 Å². The lowest BCUT2D eigenvalue weighted by molar-refractivity contribution is -0.116. The number of carbonyl (C=O) groups is 1. The average molecular weight is 349 g/mol. The van der Waals surface area contributed by atoms with Crippen LogP contribution in [0.15, 0.2) is 23.1 Å². The topological polar surface area (TPSA) is 69.7 Å². The third-order valence-corrected chi connectivity index (χ3v) is 7.45. The smallest absolute Gasteiger partial charge is 0.243 e. The lowest BCUT2D eigenvalue weighted by Gasteiger charge is -2.34. The molecule has 3 aliphatic heterocycles. The molecule has 0 aromatic heterocycles. The van der Waals surface area contributed by atoms with Gasteiger partial charge in [0.15, 0.2) is 0 Å². The summed E-state index contributed by atoms with van der Waals surface area (Å²) < 4.78 is 27.7. The van der Waals surface area contributed by atoms with E-state index >= 15 is 0 Å². The Hall–Kier alpha value is -1.44. The highest BCUT2D eigenvalue weighted by atomic mass is 32.2. The van der Waals surface area contributed by atoms with Crippen molar-refractivity contribution in [3.8, 4) is 0 Å². The number of benzene rings is 1. The number of nitrogens with one attached hydrogen (secondary N) is 1. The molecule has 7 heteroatoms. The minimum Gasteiger partial charge on any atom is -0.314 e. The second-order valence-corrected chi connectivity index (χ2v) is 8.91. The van der Waals surface area contributed by atoms with Gasteiger partial charge < -0.3 is 10.2 Å². The molecule has 1 aromatic rings. The molecule has 1 amide bonds. The highest BCUT2D eigenvalue weighted by molar-refractivity contribution is 7.89. The van der Waals surface area contributed by atoms with Crippen molar-refractivity contribution >= 4 is 21.6 Å². The fourth-order valence-corrected chi connectivity index (χ4v) is 5.76. The maximum absolute atomic E-state index is 13.1. The molecule has 6 nitrogen and oxygen atoms in total. The van der Waals surface area contributed by atoms with E-state index in [1.165, 1.54) is 6.92 Å². The third-order valence-electron chi connectivity index (χ3n) is 5.59. The minimum atomic E-state index is -3.50. The summed E-state index contributed by atoms with van der Waals surface area (Å²) in [6.07, 6.45) is 2.70. The molecule has 2 atom stereocenters. The van der Waals surface area contributed by atoms with Gasteiger partial charge >= 0.3 is 0 Å². The number of fused-ring (bicyclic) bond motifs is 2. The van der Waals surface area contributed by atoms with E-state index in [0.717, 1.165) is 37.1 Å². The van der Waals surface area contributed by atoms with Gasteiger partial charge in [-0.05, 0) is 49.4 Å². The molecule has 1 N–H and O–H groups in total. The highest BCUT2D eigenvalue weighted by Gasteiger charge is 2.38. The van der Waals surface area contributed by atoms with Gasteiger partial charge in [0, 0.05) is 38.3 Å². The lowest BCUT2D eigenvalue weighted by atomic mass is 9.95. The maximum Gasteiger partial charge on any atom is 0.243 e. The van der Waals surface area contributed by atoms with Crippen molar-refractivity contribution in [2.75, 3.05) is 31.1 Å². The van der Waals surface area contributed by atoms with Crippen molar-refractivity contribution in [2.24, 2.45) is 5.92 Å². The van der Waals surface area contributed by atoms with Gasteiger partial charge in [0.2, 0.25) is 15.9 Å².